The third kappa shape index (κ3) is 7.67. The van der Waals surface area contributed by atoms with Gasteiger partial charge in [-0.25, -0.2) is 14.2 Å². The number of aliphatic carboxylic acids is 1. The van der Waals surface area contributed by atoms with Crippen LogP contribution < -0.4 is 10.1 Å². The maximum atomic E-state index is 16.0. The highest BCUT2D eigenvalue weighted by Gasteiger charge is 2.52. The quantitative estimate of drug-likeness (QED) is 0.327. The minimum atomic E-state index is -3.16. The fraction of sp³-hybridized carbons (Fsp3) is 0.485. The average molecular weight is 625 g/mol. The zero-order valence-corrected chi connectivity index (χ0v) is 25.8. The Kier molecular flexibility index (Phi) is 10.9. The van der Waals surface area contributed by atoms with Crippen molar-refractivity contribution in [1.82, 2.24) is 20.1 Å². The van der Waals surface area contributed by atoms with E-state index in [1.807, 2.05) is 11.4 Å². The van der Waals surface area contributed by atoms with Crippen LogP contribution in [0.15, 0.2) is 54.6 Å². The first kappa shape index (κ1) is 33.6. The van der Waals surface area contributed by atoms with Crippen molar-refractivity contribution in [2.24, 2.45) is 11.8 Å². The van der Waals surface area contributed by atoms with Gasteiger partial charge in [0, 0.05) is 44.0 Å². The summed E-state index contributed by atoms with van der Waals surface area (Å²) in [6.45, 7) is 0.954. The van der Waals surface area contributed by atoms with Crippen LogP contribution in [0, 0.1) is 11.8 Å². The SMILES string of the molecule is COc1cccc(-c2cccc(C(=O)N(C)C[C@@H]3[C@H]4C(=O)N[C@@](F)(C(=O)O)[C@@H](C)/C=C\CCCCCCC(=O)N4C[C@@H]3O)n2)c1. The molecule has 0 unspecified atom stereocenters. The van der Waals surface area contributed by atoms with Gasteiger partial charge in [-0.3, -0.25) is 14.4 Å². The summed E-state index contributed by atoms with van der Waals surface area (Å²) in [5.74, 6) is -8.61. The first-order valence-electron chi connectivity index (χ1n) is 15.2. The summed E-state index contributed by atoms with van der Waals surface area (Å²) in [5.41, 5.74) is 1.37. The number of pyridine rings is 1. The van der Waals surface area contributed by atoms with Crippen molar-refractivity contribution >= 4 is 23.7 Å². The van der Waals surface area contributed by atoms with Gasteiger partial charge in [0.2, 0.25) is 11.8 Å². The van der Waals surface area contributed by atoms with Gasteiger partial charge >= 0.3 is 5.97 Å². The maximum Gasteiger partial charge on any atom is 0.363 e. The molecule has 1 aromatic carbocycles. The molecule has 4 rings (SSSR count). The van der Waals surface area contributed by atoms with Gasteiger partial charge in [-0.05, 0) is 43.5 Å². The lowest BCUT2D eigenvalue weighted by Crippen LogP contribution is -2.60. The Labute approximate surface area is 262 Å². The molecule has 2 aromatic rings. The van der Waals surface area contributed by atoms with Gasteiger partial charge in [0.25, 0.3) is 11.7 Å². The number of carboxylic acids is 1. The van der Waals surface area contributed by atoms with Crippen molar-refractivity contribution in [3.05, 3.63) is 60.3 Å². The van der Waals surface area contributed by atoms with E-state index in [2.05, 4.69) is 4.98 Å². The van der Waals surface area contributed by atoms with Crippen LogP contribution in [0.5, 0.6) is 5.75 Å². The van der Waals surface area contributed by atoms with Crippen molar-refractivity contribution in [3.8, 4) is 17.0 Å². The molecule has 1 saturated heterocycles. The Morgan fingerprint density at radius 1 is 1.16 bits per heavy atom. The van der Waals surface area contributed by atoms with Gasteiger partial charge in [0.1, 0.15) is 17.5 Å². The summed E-state index contributed by atoms with van der Waals surface area (Å²) in [7, 11) is 3.03. The Balaban J connectivity index is 1.61. The number of carboxylic acid groups (broad SMARTS) is 1. The monoisotopic (exact) mass is 624 g/mol. The number of hydrogen-bond acceptors (Lipinski definition) is 7. The Morgan fingerprint density at radius 2 is 1.89 bits per heavy atom. The molecule has 1 fully saturated rings. The summed E-state index contributed by atoms with van der Waals surface area (Å²) in [6, 6.07) is 10.8. The molecule has 2 aliphatic rings. The van der Waals surface area contributed by atoms with Gasteiger partial charge in [-0.15, -0.1) is 0 Å². The van der Waals surface area contributed by atoms with Crippen molar-refractivity contribution in [3.63, 3.8) is 0 Å². The number of allylic oxidation sites excluding steroid dienone is 1. The molecular formula is C33H41FN4O7. The van der Waals surface area contributed by atoms with E-state index in [0.29, 0.717) is 24.3 Å². The highest BCUT2D eigenvalue weighted by atomic mass is 19.1. The Hall–Kier alpha value is -4.32. The number of rotatable bonds is 6. The highest BCUT2D eigenvalue weighted by Crippen LogP contribution is 2.31. The molecule has 1 aromatic heterocycles. The van der Waals surface area contributed by atoms with E-state index < -0.39 is 53.5 Å². The number of halogens is 1. The van der Waals surface area contributed by atoms with E-state index >= 15 is 4.39 Å². The van der Waals surface area contributed by atoms with Crippen molar-refractivity contribution in [2.75, 3.05) is 27.2 Å². The largest absolute Gasteiger partial charge is 0.497 e. The number of amides is 3. The number of aliphatic hydroxyl groups is 1. The fourth-order valence-corrected chi connectivity index (χ4v) is 5.88. The number of benzene rings is 1. The number of nitrogens with one attached hydrogen (secondary N) is 1. The zero-order valence-electron chi connectivity index (χ0n) is 25.8. The third-order valence-electron chi connectivity index (χ3n) is 8.55. The number of ether oxygens (including phenoxy) is 1. The lowest BCUT2D eigenvalue weighted by atomic mass is 9.93. The van der Waals surface area contributed by atoms with Gasteiger partial charge < -0.3 is 30.1 Å². The van der Waals surface area contributed by atoms with E-state index in [1.165, 1.54) is 29.8 Å². The molecule has 0 spiro atoms. The number of hydrogen-bond donors (Lipinski definition) is 3. The summed E-state index contributed by atoms with van der Waals surface area (Å²) in [4.78, 5) is 59.6. The fourth-order valence-electron chi connectivity index (χ4n) is 5.88. The van der Waals surface area contributed by atoms with Crippen LogP contribution in [0.4, 0.5) is 4.39 Å². The number of methoxy groups -OCH3 is 1. The van der Waals surface area contributed by atoms with Crippen LogP contribution in [0.1, 0.15) is 55.9 Å². The van der Waals surface area contributed by atoms with Gasteiger partial charge in [-0.2, -0.15) is 0 Å². The molecule has 0 radical (unpaired) electrons. The summed E-state index contributed by atoms with van der Waals surface area (Å²) >= 11 is 0. The predicted octanol–water partition coefficient (Wildman–Crippen LogP) is 3.43. The Morgan fingerprint density at radius 3 is 2.62 bits per heavy atom. The topological polar surface area (TPSA) is 149 Å². The highest BCUT2D eigenvalue weighted by molar-refractivity contribution is 5.94. The standard InChI is InChI=1S/C33H41FN4O7/c1-21-12-8-6-4-5-7-9-17-28(40)38-20-27(39)24(29(38)30(41)36-33(21,34)32(43)44)19-37(2)31(42)26-16-11-15-25(35-26)22-13-10-14-23(18-22)45-3/h8,10-16,18,21,24,27,29,39H,4-7,9,17,19-20H2,1-3H3,(H,36,41)(H,43,44)/b12-8-/t21-,24-,27-,29-,33+/m0/s1. The van der Waals surface area contributed by atoms with Gasteiger partial charge in [-0.1, -0.05) is 50.1 Å². The smallest absolute Gasteiger partial charge is 0.363 e. The van der Waals surface area contributed by atoms with Gasteiger partial charge in [0.15, 0.2) is 0 Å². The van der Waals surface area contributed by atoms with E-state index in [1.54, 1.807) is 49.6 Å². The second-order valence-electron chi connectivity index (χ2n) is 11.7. The number of carbonyl (C=O) groups is 4. The van der Waals surface area contributed by atoms with E-state index in [-0.39, 0.29) is 25.2 Å². The molecule has 11 nitrogen and oxygen atoms in total. The van der Waals surface area contributed by atoms with Crippen LogP contribution >= 0.6 is 0 Å². The van der Waals surface area contributed by atoms with Crippen LogP contribution in [0.25, 0.3) is 11.3 Å². The summed E-state index contributed by atoms with van der Waals surface area (Å²) in [5, 5.41) is 22.9. The second kappa shape index (κ2) is 14.6. The minimum absolute atomic E-state index is 0.110. The lowest BCUT2D eigenvalue weighted by molar-refractivity contribution is -0.161. The van der Waals surface area contributed by atoms with Crippen molar-refractivity contribution < 1.29 is 38.5 Å². The summed E-state index contributed by atoms with van der Waals surface area (Å²) < 4.78 is 21.3. The first-order chi connectivity index (χ1) is 21.5. The Bertz CT molecular complexity index is 1440. The molecule has 242 valence electrons. The minimum Gasteiger partial charge on any atom is -0.497 e. The number of fused-ring (bicyclic) bond motifs is 1. The molecule has 12 heteroatoms. The number of nitrogens with zero attached hydrogens (tertiary/aromatic N) is 3. The van der Waals surface area contributed by atoms with Crippen LogP contribution in [0.3, 0.4) is 0 Å². The van der Waals surface area contributed by atoms with Crippen molar-refractivity contribution in [1.29, 1.82) is 0 Å². The lowest BCUT2D eigenvalue weighted by Gasteiger charge is -2.33. The molecular weight excluding hydrogens is 583 g/mol. The van der Waals surface area contributed by atoms with E-state index in [0.717, 1.165) is 24.8 Å². The molecule has 0 saturated carbocycles. The second-order valence-corrected chi connectivity index (χ2v) is 11.7. The molecule has 3 amide bonds. The van der Waals surface area contributed by atoms with Crippen molar-refractivity contribution in [2.45, 2.75) is 63.4 Å². The number of carbonyl (C=O) groups excluding carboxylic acids is 3. The predicted molar refractivity (Wildman–Crippen MR) is 164 cm³/mol. The molecule has 5 atom stereocenters. The van der Waals surface area contributed by atoms with E-state index in [9.17, 15) is 29.4 Å². The molecule has 0 aliphatic carbocycles. The normalized spacial score (nSPS) is 27.0. The van der Waals surface area contributed by atoms with Crippen LogP contribution in [-0.4, -0.2) is 93.9 Å². The molecule has 0 bridgehead atoms. The molecule has 2 aliphatic heterocycles. The first-order valence-corrected chi connectivity index (χ1v) is 15.2. The number of aromatic nitrogens is 1. The molecule has 45 heavy (non-hydrogen) atoms. The van der Waals surface area contributed by atoms with Gasteiger partial charge in [0.05, 0.1) is 18.9 Å². The third-order valence-corrected chi connectivity index (χ3v) is 8.55. The average Bonchev–Trinajstić information content (AvgIpc) is 3.36. The molecule has 3 N–H and O–H groups in total. The number of aliphatic hydroxyl groups excluding tert-OH is 1. The molecule has 3 heterocycles. The maximum absolute atomic E-state index is 16.0. The van der Waals surface area contributed by atoms with Crippen LogP contribution in [0.2, 0.25) is 0 Å². The number of alkyl halides is 1. The van der Waals surface area contributed by atoms with Crippen LogP contribution in [-0.2, 0) is 14.4 Å². The zero-order chi connectivity index (χ0) is 32.7. The van der Waals surface area contributed by atoms with E-state index in [4.69, 9.17) is 4.74 Å². The summed E-state index contributed by atoms with van der Waals surface area (Å²) in [6.07, 6.45) is 5.59.